The van der Waals surface area contributed by atoms with E-state index in [0.717, 1.165) is 30.8 Å². The molecule has 124 valence electrons. The molecular weight excluding hydrogens is 320 g/mol. The summed E-state index contributed by atoms with van der Waals surface area (Å²) in [5, 5.41) is 8.88. The highest BCUT2D eigenvalue weighted by molar-refractivity contribution is 7.98. The molecule has 0 bridgehead atoms. The van der Waals surface area contributed by atoms with Gasteiger partial charge in [-0.1, -0.05) is 54.2 Å². The summed E-state index contributed by atoms with van der Waals surface area (Å²) in [5.74, 6) is 2.43. The van der Waals surface area contributed by atoms with Crippen molar-refractivity contribution >= 4 is 11.8 Å². The van der Waals surface area contributed by atoms with Crippen LogP contribution in [0, 0.1) is 0 Å². The summed E-state index contributed by atoms with van der Waals surface area (Å²) in [4.78, 5) is 0. The third-order valence-corrected chi connectivity index (χ3v) is 4.56. The normalized spacial score (nSPS) is 10.7. The van der Waals surface area contributed by atoms with E-state index in [1.807, 2.05) is 30.3 Å². The monoisotopic (exact) mass is 340 g/mol. The minimum atomic E-state index is 0.637. The second-order valence-corrected chi connectivity index (χ2v) is 6.36. The van der Waals surface area contributed by atoms with E-state index in [0.29, 0.717) is 11.1 Å². The fraction of sp³-hybridized carbons (Fsp3) is 0.263. The molecule has 1 heterocycles. The van der Waals surface area contributed by atoms with E-state index >= 15 is 0 Å². The first-order valence-corrected chi connectivity index (χ1v) is 8.94. The lowest BCUT2D eigenvalue weighted by Gasteiger charge is -2.02. The van der Waals surface area contributed by atoms with E-state index in [4.69, 9.17) is 9.15 Å². The first-order chi connectivity index (χ1) is 11.8. The SMILES string of the molecule is COc1ccc(CCCc2nnc(SCc3ccccc3)o2)cc1. The fourth-order valence-electron chi connectivity index (χ4n) is 2.35. The van der Waals surface area contributed by atoms with Crippen LogP contribution in [0.3, 0.4) is 0 Å². The molecule has 1 aromatic heterocycles. The van der Waals surface area contributed by atoms with E-state index < -0.39 is 0 Å². The first-order valence-electron chi connectivity index (χ1n) is 7.95. The van der Waals surface area contributed by atoms with Gasteiger partial charge in [0.25, 0.3) is 5.22 Å². The highest BCUT2D eigenvalue weighted by Gasteiger charge is 2.07. The van der Waals surface area contributed by atoms with Gasteiger partial charge in [0.15, 0.2) is 0 Å². The molecule has 0 unspecified atom stereocenters. The summed E-state index contributed by atoms with van der Waals surface area (Å²) in [6.45, 7) is 0. The number of rotatable bonds is 8. The number of hydrogen-bond donors (Lipinski definition) is 0. The average molecular weight is 340 g/mol. The number of benzene rings is 2. The maximum absolute atomic E-state index is 5.70. The van der Waals surface area contributed by atoms with Crippen LogP contribution in [0.15, 0.2) is 64.2 Å². The fourth-order valence-corrected chi connectivity index (χ4v) is 3.09. The summed E-state index contributed by atoms with van der Waals surface area (Å²) in [7, 11) is 1.68. The maximum atomic E-state index is 5.70. The third kappa shape index (κ3) is 4.86. The van der Waals surface area contributed by atoms with Crippen molar-refractivity contribution in [1.29, 1.82) is 0 Å². The van der Waals surface area contributed by atoms with Gasteiger partial charge in [-0.3, -0.25) is 0 Å². The molecule has 2 aromatic carbocycles. The number of hydrogen-bond acceptors (Lipinski definition) is 5. The Morgan fingerprint density at radius 1 is 0.917 bits per heavy atom. The Labute approximate surface area is 146 Å². The van der Waals surface area contributed by atoms with Crippen LogP contribution in [0.4, 0.5) is 0 Å². The Morgan fingerprint density at radius 3 is 2.46 bits per heavy atom. The molecule has 0 fully saturated rings. The Balaban J connectivity index is 1.43. The highest BCUT2D eigenvalue weighted by atomic mass is 32.2. The molecule has 4 nitrogen and oxygen atoms in total. The number of nitrogens with zero attached hydrogens (tertiary/aromatic N) is 2. The van der Waals surface area contributed by atoms with E-state index in [-0.39, 0.29) is 0 Å². The smallest absolute Gasteiger partial charge is 0.276 e. The molecule has 0 amide bonds. The van der Waals surface area contributed by atoms with Crippen LogP contribution in [0.5, 0.6) is 5.75 Å². The molecule has 0 aliphatic rings. The molecule has 0 aliphatic carbocycles. The molecule has 0 N–H and O–H groups in total. The van der Waals surface area contributed by atoms with Crippen LogP contribution in [0.25, 0.3) is 0 Å². The standard InChI is InChI=1S/C19H20N2O2S/c1-22-17-12-10-15(11-13-17)8-5-9-18-20-21-19(23-18)24-14-16-6-3-2-4-7-16/h2-4,6-7,10-13H,5,8-9,14H2,1H3. The quantitative estimate of drug-likeness (QED) is 0.563. The van der Waals surface area contributed by atoms with E-state index in [1.165, 1.54) is 11.1 Å². The van der Waals surface area contributed by atoms with Gasteiger partial charge >= 0.3 is 0 Å². The molecule has 0 atom stereocenters. The van der Waals surface area contributed by atoms with Gasteiger partial charge in [0.1, 0.15) is 5.75 Å². The molecular formula is C19H20N2O2S. The molecule has 0 radical (unpaired) electrons. The van der Waals surface area contributed by atoms with Crippen LogP contribution < -0.4 is 4.74 Å². The number of aromatic nitrogens is 2. The van der Waals surface area contributed by atoms with Gasteiger partial charge in [-0.25, -0.2) is 0 Å². The van der Waals surface area contributed by atoms with Crippen molar-refractivity contribution < 1.29 is 9.15 Å². The Kier molecular flexibility index (Phi) is 5.90. The molecule has 24 heavy (non-hydrogen) atoms. The summed E-state index contributed by atoms with van der Waals surface area (Å²) in [6.07, 6.45) is 2.76. The highest BCUT2D eigenvalue weighted by Crippen LogP contribution is 2.22. The number of methoxy groups -OCH3 is 1. The second kappa shape index (κ2) is 8.55. The molecule has 0 saturated heterocycles. The third-order valence-electron chi connectivity index (χ3n) is 3.67. The van der Waals surface area contributed by atoms with Gasteiger partial charge in [-0.15, -0.1) is 10.2 Å². The number of aryl methyl sites for hydroxylation is 2. The van der Waals surface area contributed by atoms with E-state index in [1.54, 1.807) is 18.9 Å². The molecule has 0 spiro atoms. The zero-order valence-electron chi connectivity index (χ0n) is 13.6. The summed E-state index contributed by atoms with van der Waals surface area (Å²) < 4.78 is 10.9. The van der Waals surface area contributed by atoms with Crippen molar-refractivity contribution in [2.75, 3.05) is 7.11 Å². The lowest BCUT2D eigenvalue weighted by Crippen LogP contribution is -1.91. The van der Waals surface area contributed by atoms with Gasteiger partial charge in [0.05, 0.1) is 7.11 Å². The zero-order chi connectivity index (χ0) is 16.6. The second-order valence-electron chi connectivity index (χ2n) is 5.44. The molecule has 3 aromatic rings. The lowest BCUT2D eigenvalue weighted by molar-refractivity contribution is 0.409. The molecule has 0 aliphatic heterocycles. The van der Waals surface area contributed by atoms with Crippen molar-refractivity contribution in [2.24, 2.45) is 0 Å². The van der Waals surface area contributed by atoms with Crippen molar-refractivity contribution in [1.82, 2.24) is 10.2 Å². The average Bonchev–Trinajstić information content (AvgIpc) is 3.09. The Morgan fingerprint density at radius 2 is 1.71 bits per heavy atom. The van der Waals surface area contributed by atoms with Crippen molar-refractivity contribution in [2.45, 2.75) is 30.2 Å². The van der Waals surface area contributed by atoms with Gasteiger partial charge in [-0.2, -0.15) is 0 Å². The van der Waals surface area contributed by atoms with Crippen LogP contribution in [0.1, 0.15) is 23.4 Å². The summed E-state index contributed by atoms with van der Waals surface area (Å²) in [6, 6.07) is 18.4. The van der Waals surface area contributed by atoms with Crippen molar-refractivity contribution in [3.8, 4) is 5.75 Å². The first kappa shape index (κ1) is 16.6. The van der Waals surface area contributed by atoms with Crippen LogP contribution in [0.2, 0.25) is 0 Å². The van der Waals surface area contributed by atoms with Gasteiger partial charge in [-0.05, 0) is 36.1 Å². The minimum absolute atomic E-state index is 0.637. The predicted molar refractivity (Wildman–Crippen MR) is 95.3 cm³/mol. The molecule has 3 rings (SSSR count). The summed E-state index contributed by atoms with van der Waals surface area (Å²) in [5.41, 5.74) is 2.54. The van der Waals surface area contributed by atoms with Crippen LogP contribution in [-0.2, 0) is 18.6 Å². The largest absolute Gasteiger partial charge is 0.497 e. The van der Waals surface area contributed by atoms with E-state index in [9.17, 15) is 0 Å². The van der Waals surface area contributed by atoms with Crippen LogP contribution >= 0.6 is 11.8 Å². The summed E-state index contributed by atoms with van der Waals surface area (Å²) >= 11 is 1.57. The number of ether oxygens (including phenoxy) is 1. The molecule has 0 saturated carbocycles. The zero-order valence-corrected chi connectivity index (χ0v) is 14.5. The number of thioether (sulfide) groups is 1. The van der Waals surface area contributed by atoms with Gasteiger partial charge < -0.3 is 9.15 Å². The van der Waals surface area contributed by atoms with Gasteiger partial charge in [0.2, 0.25) is 5.89 Å². The minimum Gasteiger partial charge on any atom is -0.497 e. The van der Waals surface area contributed by atoms with Crippen molar-refractivity contribution in [3.05, 3.63) is 71.6 Å². The Bertz CT molecular complexity index is 742. The van der Waals surface area contributed by atoms with Crippen LogP contribution in [-0.4, -0.2) is 17.3 Å². The van der Waals surface area contributed by atoms with Crippen molar-refractivity contribution in [3.63, 3.8) is 0 Å². The van der Waals surface area contributed by atoms with Gasteiger partial charge in [0, 0.05) is 12.2 Å². The predicted octanol–water partition coefficient (Wildman–Crippen LogP) is 4.55. The Hall–Kier alpha value is -2.27. The maximum Gasteiger partial charge on any atom is 0.276 e. The van der Waals surface area contributed by atoms with E-state index in [2.05, 4.69) is 34.5 Å². The lowest BCUT2D eigenvalue weighted by atomic mass is 10.1. The molecule has 5 heteroatoms. The topological polar surface area (TPSA) is 48.2 Å².